The molecule has 3 aromatic rings. The lowest BCUT2D eigenvalue weighted by molar-refractivity contribution is -0.0329. The SMILES string of the molecule is O=C(COc1ccccc1)c1ccc2oc(=O)c(SC(F)(F)F)cc2c1. The Kier molecular flexibility index (Phi) is 5.03. The molecule has 4 nitrogen and oxygen atoms in total. The minimum absolute atomic E-state index is 0.0991. The summed E-state index contributed by atoms with van der Waals surface area (Å²) in [5.41, 5.74) is -5.35. The highest BCUT2D eigenvalue weighted by molar-refractivity contribution is 8.00. The van der Waals surface area contributed by atoms with Crippen molar-refractivity contribution in [3.05, 3.63) is 70.6 Å². The van der Waals surface area contributed by atoms with Crippen LogP contribution in [0.4, 0.5) is 13.2 Å². The fourth-order valence-corrected chi connectivity index (χ4v) is 2.78. The van der Waals surface area contributed by atoms with Gasteiger partial charge in [-0.1, -0.05) is 18.2 Å². The van der Waals surface area contributed by atoms with E-state index in [0.29, 0.717) is 5.75 Å². The van der Waals surface area contributed by atoms with Gasteiger partial charge in [-0.2, -0.15) is 13.2 Å². The molecule has 0 bridgehead atoms. The molecule has 0 spiro atoms. The minimum atomic E-state index is -4.61. The number of hydrogen-bond donors (Lipinski definition) is 0. The van der Waals surface area contributed by atoms with Crippen LogP contribution in [0.5, 0.6) is 5.75 Å². The summed E-state index contributed by atoms with van der Waals surface area (Å²) in [7, 11) is 0. The molecular formula is C18H11F3O4S. The third-order valence-electron chi connectivity index (χ3n) is 3.36. The van der Waals surface area contributed by atoms with Gasteiger partial charge < -0.3 is 9.15 Å². The van der Waals surface area contributed by atoms with Gasteiger partial charge in [0.25, 0.3) is 0 Å². The van der Waals surface area contributed by atoms with E-state index in [1.54, 1.807) is 24.3 Å². The predicted molar refractivity (Wildman–Crippen MR) is 90.7 cm³/mol. The van der Waals surface area contributed by atoms with Crippen LogP contribution >= 0.6 is 11.8 Å². The number of fused-ring (bicyclic) bond motifs is 1. The molecule has 2 aromatic carbocycles. The van der Waals surface area contributed by atoms with E-state index in [1.807, 2.05) is 6.07 Å². The number of carbonyl (C=O) groups is 1. The summed E-state index contributed by atoms with van der Waals surface area (Å²) in [5.74, 6) is 0.170. The van der Waals surface area contributed by atoms with Crippen molar-refractivity contribution >= 4 is 28.5 Å². The van der Waals surface area contributed by atoms with Crippen LogP contribution in [0.3, 0.4) is 0 Å². The van der Waals surface area contributed by atoms with Gasteiger partial charge in [0.2, 0.25) is 0 Å². The second-order valence-corrected chi connectivity index (χ2v) is 6.33. The first kappa shape index (κ1) is 18.1. The van der Waals surface area contributed by atoms with Gasteiger partial charge in [-0.25, -0.2) is 4.79 Å². The van der Waals surface area contributed by atoms with Crippen LogP contribution in [0.2, 0.25) is 0 Å². The topological polar surface area (TPSA) is 56.5 Å². The minimum Gasteiger partial charge on any atom is -0.485 e. The van der Waals surface area contributed by atoms with Gasteiger partial charge in [0.15, 0.2) is 12.4 Å². The molecule has 0 aliphatic rings. The number of para-hydroxylation sites is 1. The van der Waals surface area contributed by atoms with Crippen LogP contribution in [-0.2, 0) is 0 Å². The summed E-state index contributed by atoms with van der Waals surface area (Å²) in [6.07, 6.45) is 0. The first-order valence-corrected chi connectivity index (χ1v) is 8.18. The number of thioether (sulfide) groups is 1. The molecule has 1 aromatic heterocycles. The Morgan fingerprint density at radius 2 is 1.81 bits per heavy atom. The zero-order valence-electron chi connectivity index (χ0n) is 13.1. The van der Waals surface area contributed by atoms with E-state index in [4.69, 9.17) is 9.15 Å². The van der Waals surface area contributed by atoms with Crippen molar-refractivity contribution in [3.63, 3.8) is 0 Å². The maximum atomic E-state index is 12.5. The van der Waals surface area contributed by atoms with Gasteiger partial charge in [-0.05, 0) is 48.2 Å². The molecule has 1 heterocycles. The number of halogens is 3. The van der Waals surface area contributed by atoms with Crippen LogP contribution < -0.4 is 10.4 Å². The average molecular weight is 380 g/mol. The van der Waals surface area contributed by atoms with Crippen LogP contribution in [0.15, 0.2) is 68.7 Å². The van der Waals surface area contributed by atoms with E-state index in [9.17, 15) is 22.8 Å². The van der Waals surface area contributed by atoms with Crippen molar-refractivity contribution < 1.29 is 27.1 Å². The van der Waals surface area contributed by atoms with E-state index >= 15 is 0 Å². The van der Waals surface area contributed by atoms with E-state index in [-0.39, 0.29) is 28.9 Å². The monoisotopic (exact) mass is 380 g/mol. The largest absolute Gasteiger partial charge is 0.485 e. The van der Waals surface area contributed by atoms with E-state index in [1.165, 1.54) is 18.2 Å². The first-order chi connectivity index (χ1) is 12.3. The lowest BCUT2D eigenvalue weighted by Crippen LogP contribution is -2.12. The number of Topliss-reactive ketones (excluding diaryl/α,β-unsaturated/α-hetero) is 1. The molecule has 0 unspecified atom stereocenters. The van der Waals surface area contributed by atoms with Gasteiger partial charge in [0.05, 0.1) is 0 Å². The second-order valence-electron chi connectivity index (χ2n) is 5.22. The maximum Gasteiger partial charge on any atom is 0.446 e. The third kappa shape index (κ3) is 4.45. The van der Waals surface area contributed by atoms with Gasteiger partial charge in [-0.15, -0.1) is 0 Å². The number of carbonyl (C=O) groups excluding carboxylic acids is 1. The van der Waals surface area contributed by atoms with E-state index in [0.717, 1.165) is 6.07 Å². The lowest BCUT2D eigenvalue weighted by atomic mass is 10.1. The van der Waals surface area contributed by atoms with Crippen molar-refractivity contribution in [1.82, 2.24) is 0 Å². The number of ketones is 1. The zero-order chi connectivity index (χ0) is 18.7. The van der Waals surface area contributed by atoms with E-state index < -0.39 is 27.8 Å². The number of rotatable bonds is 5. The molecule has 0 aliphatic carbocycles. The highest BCUT2D eigenvalue weighted by atomic mass is 32.2. The zero-order valence-corrected chi connectivity index (χ0v) is 13.9. The quantitative estimate of drug-likeness (QED) is 0.366. The molecule has 0 saturated carbocycles. The molecule has 0 atom stereocenters. The molecule has 0 radical (unpaired) electrons. The molecule has 0 N–H and O–H groups in total. The standard InChI is InChI=1S/C18H11F3O4S/c19-18(20,21)26-16-9-12-8-11(6-7-15(12)25-17(16)23)14(22)10-24-13-4-2-1-3-5-13/h1-9H,10H2. The highest BCUT2D eigenvalue weighted by Gasteiger charge is 2.31. The van der Waals surface area contributed by atoms with Crippen LogP contribution in [0.25, 0.3) is 11.0 Å². The molecule has 0 amide bonds. The Hall–Kier alpha value is -2.74. The van der Waals surface area contributed by atoms with Crippen molar-refractivity contribution in [1.29, 1.82) is 0 Å². The first-order valence-electron chi connectivity index (χ1n) is 7.36. The summed E-state index contributed by atoms with van der Waals surface area (Å²) in [4.78, 5) is 23.3. The average Bonchev–Trinajstić information content (AvgIpc) is 2.59. The number of alkyl halides is 3. The molecule has 3 rings (SSSR count). The number of benzene rings is 2. The van der Waals surface area contributed by atoms with Crippen molar-refractivity contribution in [3.8, 4) is 5.75 Å². The highest BCUT2D eigenvalue weighted by Crippen LogP contribution is 2.36. The Labute approximate surface area is 149 Å². The van der Waals surface area contributed by atoms with Crippen LogP contribution in [0, 0.1) is 0 Å². The number of ether oxygens (including phenoxy) is 1. The van der Waals surface area contributed by atoms with Crippen LogP contribution in [0.1, 0.15) is 10.4 Å². The van der Waals surface area contributed by atoms with Gasteiger partial charge in [-0.3, -0.25) is 4.79 Å². The fourth-order valence-electron chi connectivity index (χ4n) is 2.22. The summed E-state index contributed by atoms with van der Waals surface area (Å²) in [5, 5.41) is 0.224. The number of hydrogen-bond acceptors (Lipinski definition) is 5. The Bertz CT molecular complexity index is 997. The summed E-state index contributed by atoms with van der Waals surface area (Å²) < 4.78 is 47.8. The van der Waals surface area contributed by atoms with Gasteiger partial charge in [0, 0.05) is 10.9 Å². The Balaban J connectivity index is 1.84. The van der Waals surface area contributed by atoms with Crippen LogP contribution in [-0.4, -0.2) is 17.9 Å². The second kappa shape index (κ2) is 7.25. The van der Waals surface area contributed by atoms with Crippen molar-refractivity contribution in [2.75, 3.05) is 6.61 Å². The Morgan fingerprint density at radius 1 is 1.08 bits per heavy atom. The fraction of sp³-hybridized carbons (Fsp3) is 0.111. The third-order valence-corrected chi connectivity index (χ3v) is 4.10. The smallest absolute Gasteiger partial charge is 0.446 e. The van der Waals surface area contributed by atoms with Crippen molar-refractivity contribution in [2.24, 2.45) is 0 Å². The molecule has 8 heteroatoms. The van der Waals surface area contributed by atoms with Crippen molar-refractivity contribution in [2.45, 2.75) is 10.4 Å². The van der Waals surface area contributed by atoms with Gasteiger partial charge in [0.1, 0.15) is 16.2 Å². The maximum absolute atomic E-state index is 12.5. The van der Waals surface area contributed by atoms with Gasteiger partial charge >= 0.3 is 11.1 Å². The molecule has 0 fully saturated rings. The molecule has 26 heavy (non-hydrogen) atoms. The predicted octanol–water partition coefficient (Wildman–Crippen LogP) is 4.67. The molecule has 134 valence electrons. The molecule has 0 saturated heterocycles. The molecular weight excluding hydrogens is 369 g/mol. The summed E-state index contributed by atoms with van der Waals surface area (Å²) in [6, 6.07) is 14.0. The lowest BCUT2D eigenvalue weighted by Gasteiger charge is -2.07. The van der Waals surface area contributed by atoms with E-state index in [2.05, 4.69) is 0 Å². The normalized spacial score (nSPS) is 11.5. The molecule has 0 aliphatic heterocycles. The summed E-state index contributed by atoms with van der Waals surface area (Å²) >= 11 is -0.552. The summed E-state index contributed by atoms with van der Waals surface area (Å²) in [6.45, 7) is -0.226. The Morgan fingerprint density at radius 3 is 2.50 bits per heavy atom.